The fourth-order valence-corrected chi connectivity index (χ4v) is 0.878. The van der Waals surface area contributed by atoms with Gasteiger partial charge in [-0.05, 0) is 18.4 Å². The van der Waals surface area contributed by atoms with Crippen molar-refractivity contribution >= 4 is 6.21 Å². The fraction of sp³-hybridized carbons (Fsp3) is 0.375. The first kappa shape index (κ1) is 6.27. The lowest BCUT2D eigenvalue weighted by molar-refractivity contribution is 1.03. The molecule has 1 aliphatic carbocycles. The highest BCUT2D eigenvalue weighted by atomic mass is 14.6. The SMILES string of the molecule is CN=CC1=CCCC=C1. The van der Waals surface area contributed by atoms with E-state index in [0.717, 1.165) is 6.42 Å². The van der Waals surface area contributed by atoms with Crippen molar-refractivity contribution in [1.82, 2.24) is 0 Å². The Morgan fingerprint density at radius 2 is 2.44 bits per heavy atom. The van der Waals surface area contributed by atoms with Crippen LogP contribution in [0.25, 0.3) is 0 Å². The van der Waals surface area contributed by atoms with Gasteiger partial charge >= 0.3 is 0 Å². The quantitative estimate of drug-likeness (QED) is 0.470. The van der Waals surface area contributed by atoms with E-state index in [9.17, 15) is 0 Å². The van der Waals surface area contributed by atoms with Crippen LogP contribution in [0.15, 0.2) is 28.8 Å². The first-order chi connectivity index (χ1) is 4.43. The van der Waals surface area contributed by atoms with Crippen LogP contribution in [0.3, 0.4) is 0 Å². The van der Waals surface area contributed by atoms with Gasteiger partial charge in [-0.3, -0.25) is 4.99 Å². The van der Waals surface area contributed by atoms with Crippen molar-refractivity contribution in [3.63, 3.8) is 0 Å². The first-order valence-corrected chi connectivity index (χ1v) is 3.22. The van der Waals surface area contributed by atoms with Crippen LogP contribution in [0.2, 0.25) is 0 Å². The van der Waals surface area contributed by atoms with Gasteiger partial charge in [-0.25, -0.2) is 0 Å². The van der Waals surface area contributed by atoms with Crippen molar-refractivity contribution in [1.29, 1.82) is 0 Å². The fourth-order valence-electron chi connectivity index (χ4n) is 0.878. The minimum Gasteiger partial charge on any atom is -0.296 e. The van der Waals surface area contributed by atoms with Crippen LogP contribution in [0.4, 0.5) is 0 Å². The zero-order valence-corrected chi connectivity index (χ0v) is 5.67. The summed E-state index contributed by atoms with van der Waals surface area (Å²) in [6.07, 6.45) is 10.7. The normalized spacial score (nSPS) is 18.6. The molecule has 0 saturated heterocycles. The molecule has 0 radical (unpaired) electrons. The van der Waals surface area contributed by atoms with E-state index >= 15 is 0 Å². The molecule has 0 atom stereocenters. The summed E-state index contributed by atoms with van der Waals surface area (Å²) in [5.41, 5.74) is 1.24. The molecule has 1 nitrogen and oxygen atoms in total. The third-order valence-corrected chi connectivity index (χ3v) is 1.30. The Kier molecular flexibility index (Phi) is 2.25. The molecule has 0 fully saturated rings. The van der Waals surface area contributed by atoms with Gasteiger partial charge in [-0.1, -0.05) is 18.2 Å². The molecule has 0 aliphatic heterocycles. The number of allylic oxidation sites excluding steroid dienone is 4. The van der Waals surface area contributed by atoms with Crippen LogP contribution in [0, 0.1) is 0 Å². The Bertz CT molecular complexity index is 159. The minimum absolute atomic E-state index is 1.16. The molecule has 1 heteroatoms. The van der Waals surface area contributed by atoms with E-state index in [4.69, 9.17) is 0 Å². The summed E-state index contributed by atoms with van der Waals surface area (Å²) in [6, 6.07) is 0. The van der Waals surface area contributed by atoms with Crippen molar-refractivity contribution in [2.24, 2.45) is 4.99 Å². The topological polar surface area (TPSA) is 12.4 Å². The molecule has 1 rings (SSSR count). The molecule has 0 amide bonds. The monoisotopic (exact) mass is 121 g/mol. The molecule has 1 aliphatic rings. The highest BCUT2D eigenvalue weighted by molar-refractivity contribution is 5.82. The molecule has 0 aromatic rings. The van der Waals surface area contributed by atoms with E-state index in [2.05, 4.69) is 23.2 Å². The van der Waals surface area contributed by atoms with Crippen molar-refractivity contribution in [3.05, 3.63) is 23.8 Å². The maximum Gasteiger partial charge on any atom is 0.0278 e. The van der Waals surface area contributed by atoms with Gasteiger partial charge in [0, 0.05) is 13.3 Å². The van der Waals surface area contributed by atoms with Gasteiger partial charge in [-0.2, -0.15) is 0 Å². The molecular weight excluding hydrogens is 110 g/mol. The Morgan fingerprint density at radius 1 is 1.56 bits per heavy atom. The number of rotatable bonds is 1. The van der Waals surface area contributed by atoms with Crippen LogP contribution in [0.1, 0.15) is 12.8 Å². The maximum absolute atomic E-state index is 3.91. The summed E-state index contributed by atoms with van der Waals surface area (Å²) < 4.78 is 0. The third-order valence-electron chi connectivity index (χ3n) is 1.30. The van der Waals surface area contributed by atoms with Crippen molar-refractivity contribution < 1.29 is 0 Å². The van der Waals surface area contributed by atoms with Crippen molar-refractivity contribution in [2.45, 2.75) is 12.8 Å². The molecule has 0 N–H and O–H groups in total. The molecule has 0 aromatic heterocycles. The number of aliphatic imine (C=N–C) groups is 1. The lowest BCUT2D eigenvalue weighted by atomic mass is 10.1. The Labute approximate surface area is 55.8 Å². The average Bonchev–Trinajstić information content (AvgIpc) is 1.91. The highest BCUT2D eigenvalue weighted by Gasteiger charge is 1.90. The van der Waals surface area contributed by atoms with Gasteiger partial charge in [0.25, 0.3) is 0 Å². The van der Waals surface area contributed by atoms with Gasteiger partial charge in [0.2, 0.25) is 0 Å². The van der Waals surface area contributed by atoms with Crippen LogP contribution in [0.5, 0.6) is 0 Å². The standard InChI is InChI=1S/C8H11N/c1-9-7-8-5-3-2-4-6-8/h3,5-7H,2,4H2,1H3. The van der Waals surface area contributed by atoms with Crippen LogP contribution in [-0.4, -0.2) is 13.3 Å². The lowest BCUT2D eigenvalue weighted by Gasteiger charge is -1.98. The smallest absolute Gasteiger partial charge is 0.0278 e. The van der Waals surface area contributed by atoms with Gasteiger partial charge < -0.3 is 0 Å². The second-order valence-corrected chi connectivity index (χ2v) is 2.07. The van der Waals surface area contributed by atoms with E-state index in [0.29, 0.717) is 0 Å². The minimum atomic E-state index is 1.16. The summed E-state index contributed by atoms with van der Waals surface area (Å²) >= 11 is 0. The highest BCUT2D eigenvalue weighted by Crippen LogP contribution is 2.06. The summed E-state index contributed by atoms with van der Waals surface area (Å²) in [5.74, 6) is 0. The summed E-state index contributed by atoms with van der Waals surface area (Å²) in [6.45, 7) is 0. The van der Waals surface area contributed by atoms with Crippen LogP contribution < -0.4 is 0 Å². The molecule has 0 saturated carbocycles. The van der Waals surface area contributed by atoms with Gasteiger partial charge in [0.15, 0.2) is 0 Å². The zero-order chi connectivity index (χ0) is 6.53. The number of hydrogen-bond acceptors (Lipinski definition) is 1. The van der Waals surface area contributed by atoms with E-state index in [1.165, 1.54) is 12.0 Å². The summed E-state index contributed by atoms with van der Waals surface area (Å²) in [5, 5.41) is 0. The van der Waals surface area contributed by atoms with E-state index in [1.54, 1.807) is 7.05 Å². The molecule has 0 unspecified atom stereocenters. The second kappa shape index (κ2) is 3.23. The largest absolute Gasteiger partial charge is 0.296 e. The molecular formula is C8H11N. The summed E-state index contributed by atoms with van der Waals surface area (Å²) in [7, 11) is 1.79. The Balaban J connectivity index is 2.58. The first-order valence-electron chi connectivity index (χ1n) is 3.22. The van der Waals surface area contributed by atoms with Gasteiger partial charge in [-0.15, -0.1) is 0 Å². The van der Waals surface area contributed by atoms with Crippen molar-refractivity contribution in [3.8, 4) is 0 Å². The Hall–Kier alpha value is -0.850. The van der Waals surface area contributed by atoms with E-state index in [1.807, 2.05) is 6.21 Å². The number of hydrogen-bond donors (Lipinski definition) is 0. The van der Waals surface area contributed by atoms with E-state index in [-0.39, 0.29) is 0 Å². The zero-order valence-electron chi connectivity index (χ0n) is 5.67. The lowest BCUT2D eigenvalue weighted by Crippen LogP contribution is -1.84. The predicted molar refractivity (Wildman–Crippen MR) is 40.9 cm³/mol. The predicted octanol–water partition coefficient (Wildman–Crippen LogP) is 1.96. The molecule has 0 spiro atoms. The second-order valence-electron chi connectivity index (χ2n) is 2.07. The van der Waals surface area contributed by atoms with E-state index < -0.39 is 0 Å². The van der Waals surface area contributed by atoms with Crippen LogP contribution in [-0.2, 0) is 0 Å². The molecule has 48 valence electrons. The maximum atomic E-state index is 3.91. The van der Waals surface area contributed by atoms with Gasteiger partial charge in [0.1, 0.15) is 0 Å². The van der Waals surface area contributed by atoms with Crippen LogP contribution >= 0.6 is 0 Å². The number of nitrogens with zero attached hydrogens (tertiary/aromatic N) is 1. The molecule has 0 bridgehead atoms. The third kappa shape index (κ3) is 1.84. The average molecular weight is 121 g/mol. The molecule has 0 heterocycles. The van der Waals surface area contributed by atoms with Crippen molar-refractivity contribution in [2.75, 3.05) is 7.05 Å². The Morgan fingerprint density at radius 3 is 3.00 bits per heavy atom. The van der Waals surface area contributed by atoms with Gasteiger partial charge in [0.05, 0.1) is 0 Å². The molecule has 9 heavy (non-hydrogen) atoms. The molecule has 0 aromatic carbocycles. The summed E-state index contributed by atoms with van der Waals surface area (Å²) in [4.78, 5) is 3.91.